The number of amides is 2. The van der Waals surface area contributed by atoms with Gasteiger partial charge in [-0.15, -0.1) is 0 Å². The van der Waals surface area contributed by atoms with Crippen LogP contribution in [0.1, 0.15) is 56.8 Å². The summed E-state index contributed by atoms with van der Waals surface area (Å²) in [7, 11) is 0. The number of rotatable bonds is 5. The van der Waals surface area contributed by atoms with Gasteiger partial charge in [-0.3, -0.25) is 4.79 Å². The maximum Gasteiger partial charge on any atom is 0.407 e. The van der Waals surface area contributed by atoms with Gasteiger partial charge in [0.15, 0.2) is 11.6 Å². The molecule has 3 rings (SSSR count). The molecule has 2 aromatic rings. The van der Waals surface area contributed by atoms with Gasteiger partial charge in [0.05, 0.1) is 6.20 Å². The standard InChI is InChI=1S/C23H26F3N3O4/c1-23(2,3)33-22(31)29-15-6-4-14(5-7-15)28-20(30)17-10-13(24)12-27-21(17)32-16-8-9-18(25)19(26)11-16/h8-12,14-15H,4-7H2,1-3H3,(H,28,30)(H,29,31). The Balaban J connectivity index is 1.60. The van der Waals surface area contributed by atoms with Crippen molar-refractivity contribution in [2.45, 2.75) is 64.1 Å². The minimum absolute atomic E-state index is 0.0731. The monoisotopic (exact) mass is 465 g/mol. The van der Waals surface area contributed by atoms with Crippen molar-refractivity contribution in [3.05, 3.63) is 53.5 Å². The van der Waals surface area contributed by atoms with Gasteiger partial charge >= 0.3 is 6.09 Å². The molecule has 7 nitrogen and oxygen atoms in total. The van der Waals surface area contributed by atoms with E-state index in [0.29, 0.717) is 25.7 Å². The van der Waals surface area contributed by atoms with Gasteiger partial charge in [0.25, 0.3) is 5.91 Å². The van der Waals surface area contributed by atoms with E-state index in [1.54, 1.807) is 20.8 Å². The molecule has 0 bridgehead atoms. The van der Waals surface area contributed by atoms with Crippen LogP contribution >= 0.6 is 0 Å². The molecule has 1 aliphatic carbocycles. The highest BCUT2D eigenvalue weighted by Gasteiger charge is 2.27. The van der Waals surface area contributed by atoms with E-state index in [-0.39, 0.29) is 29.3 Å². The van der Waals surface area contributed by atoms with Crippen molar-refractivity contribution in [2.24, 2.45) is 0 Å². The second kappa shape index (κ2) is 10.1. The van der Waals surface area contributed by atoms with Crippen molar-refractivity contribution in [3.8, 4) is 11.6 Å². The zero-order chi connectivity index (χ0) is 24.2. The number of ether oxygens (including phenoxy) is 2. The molecule has 0 atom stereocenters. The number of nitrogens with one attached hydrogen (secondary N) is 2. The van der Waals surface area contributed by atoms with Crippen molar-refractivity contribution < 1.29 is 32.2 Å². The predicted molar refractivity (Wildman–Crippen MR) is 114 cm³/mol. The molecule has 0 unspecified atom stereocenters. The normalized spacial score (nSPS) is 18.4. The van der Waals surface area contributed by atoms with Crippen LogP contribution in [0.3, 0.4) is 0 Å². The molecule has 2 amide bonds. The Kier molecular flexibility index (Phi) is 7.45. The van der Waals surface area contributed by atoms with Crippen molar-refractivity contribution >= 4 is 12.0 Å². The zero-order valence-electron chi connectivity index (χ0n) is 18.6. The second-order valence-electron chi connectivity index (χ2n) is 8.85. The highest BCUT2D eigenvalue weighted by Crippen LogP contribution is 2.26. The molecule has 1 aliphatic rings. The third kappa shape index (κ3) is 7.10. The number of halogens is 3. The molecule has 0 saturated heterocycles. The van der Waals surface area contributed by atoms with E-state index in [0.717, 1.165) is 24.4 Å². The fourth-order valence-corrected chi connectivity index (χ4v) is 3.44. The lowest BCUT2D eigenvalue weighted by Crippen LogP contribution is -2.45. The number of aromatic nitrogens is 1. The smallest absolute Gasteiger partial charge is 0.407 e. The molecule has 178 valence electrons. The summed E-state index contributed by atoms with van der Waals surface area (Å²) in [5, 5.41) is 5.64. The summed E-state index contributed by atoms with van der Waals surface area (Å²) in [6.07, 6.45) is 2.82. The lowest BCUT2D eigenvalue weighted by molar-refractivity contribution is 0.0488. The molecule has 10 heteroatoms. The minimum Gasteiger partial charge on any atom is -0.444 e. The van der Waals surface area contributed by atoms with E-state index < -0.39 is 35.1 Å². The first-order valence-corrected chi connectivity index (χ1v) is 10.6. The molecule has 0 aliphatic heterocycles. The maximum absolute atomic E-state index is 13.8. The molecule has 1 fully saturated rings. The van der Waals surface area contributed by atoms with E-state index in [2.05, 4.69) is 15.6 Å². The molecule has 0 radical (unpaired) electrons. The van der Waals surface area contributed by atoms with Crippen LogP contribution in [0.4, 0.5) is 18.0 Å². The summed E-state index contributed by atoms with van der Waals surface area (Å²) in [6, 6.07) is 3.54. The van der Waals surface area contributed by atoms with Crippen LogP contribution in [0.5, 0.6) is 11.6 Å². The summed E-state index contributed by atoms with van der Waals surface area (Å²) < 4.78 is 51.0. The molecule has 2 N–H and O–H groups in total. The van der Waals surface area contributed by atoms with E-state index in [1.807, 2.05) is 0 Å². The van der Waals surface area contributed by atoms with E-state index in [9.17, 15) is 22.8 Å². The average molecular weight is 465 g/mol. The van der Waals surface area contributed by atoms with Gasteiger partial charge in [-0.1, -0.05) is 0 Å². The summed E-state index contributed by atoms with van der Waals surface area (Å²) in [6.45, 7) is 5.35. The van der Waals surface area contributed by atoms with Crippen molar-refractivity contribution in [2.75, 3.05) is 0 Å². The first-order valence-electron chi connectivity index (χ1n) is 10.6. The van der Waals surface area contributed by atoms with Crippen LogP contribution in [0.25, 0.3) is 0 Å². The number of pyridine rings is 1. The summed E-state index contributed by atoms with van der Waals surface area (Å²) >= 11 is 0. The van der Waals surface area contributed by atoms with Gasteiger partial charge in [0.2, 0.25) is 5.88 Å². The summed E-state index contributed by atoms with van der Waals surface area (Å²) in [5.74, 6) is -3.86. The number of hydrogen-bond acceptors (Lipinski definition) is 5. The minimum atomic E-state index is -1.13. The number of nitrogens with zero attached hydrogens (tertiary/aromatic N) is 1. The number of benzene rings is 1. The third-order valence-electron chi connectivity index (χ3n) is 4.95. The van der Waals surface area contributed by atoms with Crippen molar-refractivity contribution in [1.29, 1.82) is 0 Å². The Morgan fingerprint density at radius 1 is 0.970 bits per heavy atom. The number of hydrogen-bond donors (Lipinski definition) is 2. The number of carbonyl (C=O) groups is 2. The van der Waals surface area contributed by atoms with E-state index in [4.69, 9.17) is 9.47 Å². The third-order valence-corrected chi connectivity index (χ3v) is 4.95. The molecule has 1 saturated carbocycles. The molecule has 1 aromatic carbocycles. The summed E-state index contributed by atoms with van der Waals surface area (Å²) in [5.41, 5.74) is -0.762. The Morgan fingerprint density at radius 3 is 2.21 bits per heavy atom. The molecule has 0 spiro atoms. The Morgan fingerprint density at radius 2 is 1.61 bits per heavy atom. The molecular formula is C23H26F3N3O4. The molecule has 1 heterocycles. The topological polar surface area (TPSA) is 89.6 Å². The number of alkyl carbamates (subject to hydrolysis) is 1. The molecule has 33 heavy (non-hydrogen) atoms. The predicted octanol–water partition coefficient (Wildman–Crippen LogP) is 4.86. The largest absolute Gasteiger partial charge is 0.444 e. The highest BCUT2D eigenvalue weighted by molar-refractivity contribution is 5.96. The zero-order valence-corrected chi connectivity index (χ0v) is 18.6. The fraction of sp³-hybridized carbons (Fsp3) is 0.435. The van der Waals surface area contributed by atoms with Gasteiger partial charge in [-0.25, -0.2) is 22.9 Å². The van der Waals surface area contributed by atoms with Gasteiger partial charge in [0, 0.05) is 18.2 Å². The van der Waals surface area contributed by atoms with E-state index in [1.165, 1.54) is 6.07 Å². The summed E-state index contributed by atoms with van der Waals surface area (Å²) in [4.78, 5) is 28.5. The molecular weight excluding hydrogens is 439 g/mol. The van der Waals surface area contributed by atoms with Gasteiger partial charge in [0.1, 0.15) is 22.7 Å². The number of carbonyl (C=O) groups excluding carboxylic acids is 2. The lowest BCUT2D eigenvalue weighted by Gasteiger charge is -2.30. The first-order chi connectivity index (χ1) is 15.5. The fourth-order valence-electron chi connectivity index (χ4n) is 3.44. The quantitative estimate of drug-likeness (QED) is 0.659. The van der Waals surface area contributed by atoms with Crippen LogP contribution in [0, 0.1) is 17.5 Å². The molecule has 1 aromatic heterocycles. The second-order valence-corrected chi connectivity index (χ2v) is 8.85. The Bertz CT molecular complexity index is 1020. The van der Waals surface area contributed by atoms with Crippen LogP contribution in [0.2, 0.25) is 0 Å². The van der Waals surface area contributed by atoms with Gasteiger partial charge < -0.3 is 20.1 Å². The lowest BCUT2D eigenvalue weighted by atomic mass is 9.91. The van der Waals surface area contributed by atoms with Crippen LogP contribution in [0.15, 0.2) is 30.5 Å². The average Bonchev–Trinajstić information content (AvgIpc) is 2.72. The maximum atomic E-state index is 13.8. The first kappa shape index (κ1) is 24.3. The van der Waals surface area contributed by atoms with Crippen molar-refractivity contribution in [3.63, 3.8) is 0 Å². The SMILES string of the molecule is CC(C)(C)OC(=O)NC1CCC(NC(=O)c2cc(F)cnc2Oc2ccc(F)c(F)c2)CC1. The van der Waals surface area contributed by atoms with Crippen LogP contribution < -0.4 is 15.4 Å². The van der Waals surface area contributed by atoms with Crippen LogP contribution in [-0.2, 0) is 4.74 Å². The van der Waals surface area contributed by atoms with E-state index >= 15 is 0 Å². The highest BCUT2D eigenvalue weighted by atomic mass is 19.2. The van der Waals surface area contributed by atoms with Gasteiger partial charge in [-0.05, 0) is 64.7 Å². The Hall–Kier alpha value is -3.30. The van der Waals surface area contributed by atoms with Gasteiger partial charge in [-0.2, -0.15) is 0 Å². The van der Waals surface area contributed by atoms with Crippen LogP contribution in [-0.4, -0.2) is 34.7 Å². The van der Waals surface area contributed by atoms with Crippen molar-refractivity contribution in [1.82, 2.24) is 15.6 Å². The Labute approximate surface area is 189 Å².